The highest BCUT2D eigenvalue weighted by Crippen LogP contribution is 2.40. The summed E-state index contributed by atoms with van der Waals surface area (Å²) in [5.41, 5.74) is 9.56. The average molecular weight is 653 g/mol. The number of para-hydroxylation sites is 1. The highest BCUT2D eigenvalue weighted by atomic mass is 16.3. The van der Waals surface area contributed by atoms with Crippen LogP contribution >= 0.6 is 0 Å². The van der Waals surface area contributed by atoms with Crippen molar-refractivity contribution in [3.05, 3.63) is 170 Å². The van der Waals surface area contributed by atoms with E-state index in [1.807, 2.05) is 66.9 Å². The Morgan fingerprint density at radius 3 is 1.76 bits per heavy atom. The summed E-state index contributed by atoms with van der Waals surface area (Å²) in [6.07, 6.45) is 1.86. The summed E-state index contributed by atoms with van der Waals surface area (Å²) in [6.45, 7) is 0. The van der Waals surface area contributed by atoms with Crippen LogP contribution in [-0.4, -0.2) is 19.9 Å². The highest BCUT2D eigenvalue weighted by Gasteiger charge is 2.20. The second-order valence-corrected chi connectivity index (χ2v) is 12.7. The van der Waals surface area contributed by atoms with Gasteiger partial charge in [-0.05, 0) is 58.0 Å². The summed E-state index contributed by atoms with van der Waals surface area (Å²) in [5, 5.41) is 5.41. The maximum atomic E-state index is 6.60. The van der Waals surface area contributed by atoms with Gasteiger partial charge >= 0.3 is 0 Å². The number of rotatable bonds is 5. The van der Waals surface area contributed by atoms with Crippen LogP contribution in [0.25, 0.3) is 100 Å². The van der Waals surface area contributed by atoms with E-state index in [0.29, 0.717) is 17.5 Å². The van der Waals surface area contributed by atoms with E-state index < -0.39 is 0 Å². The summed E-state index contributed by atoms with van der Waals surface area (Å²) in [7, 11) is 0. The zero-order valence-corrected chi connectivity index (χ0v) is 27.4. The molecular formula is C46H28N4O. The van der Waals surface area contributed by atoms with Gasteiger partial charge in [-0.25, -0.2) is 15.0 Å². The van der Waals surface area contributed by atoms with Crippen molar-refractivity contribution in [3.63, 3.8) is 0 Å². The molecule has 0 unspecified atom stereocenters. The quantitative estimate of drug-likeness (QED) is 0.173. The van der Waals surface area contributed by atoms with E-state index in [0.717, 1.165) is 82.6 Å². The zero-order valence-electron chi connectivity index (χ0n) is 27.4. The molecular weight excluding hydrogens is 625 g/mol. The molecule has 0 radical (unpaired) electrons. The van der Waals surface area contributed by atoms with Gasteiger partial charge in [0.05, 0.1) is 11.1 Å². The van der Waals surface area contributed by atoms with E-state index >= 15 is 0 Å². The lowest BCUT2D eigenvalue weighted by molar-refractivity contribution is 0.669. The number of hydrogen-bond donors (Lipinski definition) is 0. The van der Waals surface area contributed by atoms with Crippen LogP contribution in [0.1, 0.15) is 0 Å². The molecule has 0 bridgehead atoms. The van der Waals surface area contributed by atoms with Crippen molar-refractivity contribution >= 4 is 43.6 Å². The molecule has 0 fully saturated rings. The lowest BCUT2D eigenvalue weighted by atomic mass is 9.96. The topological polar surface area (TPSA) is 64.7 Å². The summed E-state index contributed by atoms with van der Waals surface area (Å²) in [6, 6.07) is 56.3. The maximum absolute atomic E-state index is 6.60. The summed E-state index contributed by atoms with van der Waals surface area (Å²) in [4.78, 5) is 20.0. The normalized spacial score (nSPS) is 11.5. The van der Waals surface area contributed by atoms with Crippen LogP contribution in [0.2, 0.25) is 0 Å². The summed E-state index contributed by atoms with van der Waals surface area (Å²) >= 11 is 0. The van der Waals surface area contributed by atoms with Crippen LogP contribution < -0.4 is 0 Å². The Morgan fingerprint density at radius 2 is 0.961 bits per heavy atom. The maximum Gasteiger partial charge on any atom is 0.167 e. The van der Waals surface area contributed by atoms with Gasteiger partial charge < -0.3 is 4.42 Å². The lowest BCUT2D eigenvalue weighted by Gasteiger charge is -2.12. The fourth-order valence-corrected chi connectivity index (χ4v) is 6.99. The molecule has 5 heteroatoms. The van der Waals surface area contributed by atoms with E-state index in [-0.39, 0.29) is 0 Å². The van der Waals surface area contributed by atoms with Crippen molar-refractivity contribution in [2.45, 2.75) is 0 Å². The summed E-state index contributed by atoms with van der Waals surface area (Å²) in [5.74, 6) is 1.74. The fourth-order valence-electron chi connectivity index (χ4n) is 6.99. The highest BCUT2D eigenvalue weighted by molar-refractivity contribution is 6.12. The number of nitrogens with zero attached hydrogens (tertiary/aromatic N) is 4. The molecule has 3 heterocycles. The Bertz CT molecular complexity index is 2900. The molecule has 0 saturated heterocycles. The van der Waals surface area contributed by atoms with E-state index in [1.54, 1.807) is 0 Å². The third kappa shape index (κ3) is 5.11. The monoisotopic (exact) mass is 652 g/mol. The van der Waals surface area contributed by atoms with Gasteiger partial charge in [-0.3, -0.25) is 4.98 Å². The molecule has 10 aromatic rings. The number of fused-ring (bicyclic) bond motifs is 6. The van der Waals surface area contributed by atoms with E-state index in [4.69, 9.17) is 24.4 Å². The smallest absolute Gasteiger partial charge is 0.167 e. The van der Waals surface area contributed by atoms with E-state index in [9.17, 15) is 0 Å². The standard InChI is InChI=1S/C46H28N4O/c1-3-10-29(11-4-1)30-17-22-34(23-18-30)45-48-44(33-12-5-2-6-13-33)49-46(50-45)40-28-36(27-39-37-15-7-8-16-41(37)51-43(39)40)35-24-20-31-19-21-32-14-9-25-47-42(32)38(31)26-35/h1-28H. The van der Waals surface area contributed by atoms with E-state index in [1.165, 1.54) is 0 Å². The fraction of sp³-hybridized carbons (Fsp3) is 0. The Labute approximate surface area is 293 Å². The summed E-state index contributed by atoms with van der Waals surface area (Å²) < 4.78 is 6.60. The number of benzene rings is 7. The first-order valence-electron chi connectivity index (χ1n) is 17.0. The van der Waals surface area contributed by atoms with Crippen molar-refractivity contribution < 1.29 is 4.42 Å². The molecule has 3 aromatic heterocycles. The second kappa shape index (κ2) is 11.9. The van der Waals surface area contributed by atoms with Crippen molar-refractivity contribution in [2.24, 2.45) is 0 Å². The number of aromatic nitrogens is 4. The van der Waals surface area contributed by atoms with Crippen LogP contribution in [0.15, 0.2) is 174 Å². The van der Waals surface area contributed by atoms with Crippen molar-refractivity contribution in [1.29, 1.82) is 0 Å². The van der Waals surface area contributed by atoms with Crippen molar-refractivity contribution in [2.75, 3.05) is 0 Å². The van der Waals surface area contributed by atoms with Gasteiger partial charge in [0.25, 0.3) is 0 Å². The molecule has 10 rings (SSSR count). The van der Waals surface area contributed by atoms with Gasteiger partial charge in [-0.2, -0.15) is 0 Å². The Hall–Kier alpha value is -6.98. The first-order valence-corrected chi connectivity index (χ1v) is 17.0. The van der Waals surface area contributed by atoms with Gasteiger partial charge in [-0.15, -0.1) is 0 Å². The molecule has 238 valence electrons. The van der Waals surface area contributed by atoms with Crippen molar-refractivity contribution in [1.82, 2.24) is 19.9 Å². The van der Waals surface area contributed by atoms with Crippen LogP contribution in [-0.2, 0) is 0 Å². The molecule has 7 aromatic carbocycles. The predicted molar refractivity (Wildman–Crippen MR) is 207 cm³/mol. The molecule has 0 aliphatic rings. The first kappa shape index (κ1) is 29.0. The van der Waals surface area contributed by atoms with Gasteiger partial charge in [0.1, 0.15) is 11.2 Å². The number of furan rings is 1. The molecule has 0 aliphatic carbocycles. The minimum absolute atomic E-state index is 0.546. The molecule has 0 amide bonds. The predicted octanol–water partition coefficient (Wildman–Crippen LogP) is 11.8. The number of pyridine rings is 1. The van der Waals surface area contributed by atoms with Gasteiger partial charge in [0.15, 0.2) is 17.5 Å². The Morgan fingerprint density at radius 1 is 0.373 bits per heavy atom. The number of hydrogen-bond acceptors (Lipinski definition) is 5. The molecule has 0 N–H and O–H groups in total. The van der Waals surface area contributed by atoms with E-state index in [2.05, 4.69) is 103 Å². The molecule has 0 saturated carbocycles. The minimum atomic E-state index is 0.546. The van der Waals surface area contributed by atoms with Gasteiger partial charge in [-0.1, -0.05) is 133 Å². The van der Waals surface area contributed by atoms with Gasteiger partial charge in [0, 0.05) is 38.9 Å². The largest absolute Gasteiger partial charge is 0.455 e. The first-order chi connectivity index (χ1) is 25.2. The minimum Gasteiger partial charge on any atom is -0.455 e. The molecule has 0 atom stereocenters. The Balaban J connectivity index is 1.20. The lowest BCUT2D eigenvalue weighted by Crippen LogP contribution is -2.00. The van der Waals surface area contributed by atoms with Crippen LogP contribution in [0.3, 0.4) is 0 Å². The van der Waals surface area contributed by atoms with Crippen LogP contribution in [0, 0.1) is 0 Å². The SMILES string of the molecule is c1ccc(-c2ccc(-c3nc(-c4ccccc4)nc(-c4cc(-c5ccc6ccc7cccnc7c6c5)cc5c4oc4ccccc45)n3)cc2)cc1. The molecule has 5 nitrogen and oxygen atoms in total. The third-order valence-electron chi connectivity index (χ3n) is 9.56. The second-order valence-electron chi connectivity index (χ2n) is 12.7. The van der Waals surface area contributed by atoms with Crippen LogP contribution in [0.5, 0.6) is 0 Å². The van der Waals surface area contributed by atoms with Gasteiger partial charge in [0.2, 0.25) is 0 Å². The van der Waals surface area contributed by atoms with Crippen LogP contribution in [0.4, 0.5) is 0 Å². The molecule has 0 spiro atoms. The molecule has 51 heavy (non-hydrogen) atoms. The van der Waals surface area contributed by atoms with Crippen molar-refractivity contribution in [3.8, 4) is 56.4 Å². The molecule has 0 aliphatic heterocycles. The Kier molecular flexibility index (Phi) is 6.74. The zero-order chi connectivity index (χ0) is 33.7. The third-order valence-corrected chi connectivity index (χ3v) is 9.56. The average Bonchev–Trinajstić information content (AvgIpc) is 3.59.